The Morgan fingerprint density at radius 2 is 1.89 bits per heavy atom. The first-order valence-corrected chi connectivity index (χ1v) is 8.36. The van der Waals surface area contributed by atoms with Gasteiger partial charge in [-0.05, 0) is 54.6 Å². The number of rotatable bonds is 3. The predicted molar refractivity (Wildman–Crippen MR) is 79.0 cm³/mol. The first kappa shape index (κ1) is 12.0. The van der Waals surface area contributed by atoms with Gasteiger partial charge >= 0.3 is 0 Å². The fourth-order valence-corrected chi connectivity index (χ4v) is 5.14. The molecule has 2 bridgehead atoms. The van der Waals surface area contributed by atoms with E-state index in [2.05, 4.69) is 27.3 Å². The summed E-state index contributed by atoms with van der Waals surface area (Å²) in [4.78, 5) is 12.4. The van der Waals surface area contributed by atoms with Gasteiger partial charge in [0.2, 0.25) is 5.91 Å². The van der Waals surface area contributed by atoms with Crippen molar-refractivity contribution >= 4 is 27.5 Å². The van der Waals surface area contributed by atoms with E-state index < -0.39 is 0 Å². The van der Waals surface area contributed by atoms with Crippen LogP contribution in [0.3, 0.4) is 0 Å². The second kappa shape index (κ2) is 4.34. The van der Waals surface area contributed by atoms with Gasteiger partial charge in [-0.3, -0.25) is 4.79 Å². The maximum Gasteiger partial charge on any atom is 0.228 e. The lowest BCUT2D eigenvalue weighted by atomic mass is 10.0. The molecule has 3 aliphatic rings. The van der Waals surface area contributed by atoms with Gasteiger partial charge in [-0.25, -0.2) is 0 Å². The van der Waals surface area contributed by atoms with Crippen molar-refractivity contribution in [2.24, 2.45) is 29.6 Å². The summed E-state index contributed by atoms with van der Waals surface area (Å²) in [6.45, 7) is 0. The van der Waals surface area contributed by atoms with Crippen LogP contribution >= 0.6 is 15.9 Å². The van der Waals surface area contributed by atoms with E-state index in [1.807, 2.05) is 18.2 Å². The molecule has 0 heterocycles. The molecule has 3 saturated carbocycles. The minimum absolute atomic E-state index is 0.264. The van der Waals surface area contributed by atoms with Crippen molar-refractivity contribution < 1.29 is 4.79 Å². The number of nitrogens with one attached hydrogen (secondary N) is 1. The number of amides is 1. The van der Waals surface area contributed by atoms with Crippen LogP contribution in [0, 0.1) is 29.6 Å². The number of anilines is 1. The van der Waals surface area contributed by atoms with Crippen molar-refractivity contribution in [1.82, 2.24) is 0 Å². The molecule has 1 amide bonds. The lowest BCUT2D eigenvalue weighted by molar-refractivity contribution is -0.118. The average Bonchev–Trinajstić information content (AvgIpc) is 2.88. The lowest BCUT2D eigenvalue weighted by Gasteiger charge is -2.12. The third kappa shape index (κ3) is 1.78. The molecule has 4 unspecified atom stereocenters. The Labute approximate surface area is 122 Å². The Morgan fingerprint density at radius 1 is 1.21 bits per heavy atom. The molecule has 19 heavy (non-hydrogen) atoms. The quantitative estimate of drug-likeness (QED) is 0.843. The van der Waals surface area contributed by atoms with Crippen LogP contribution in [0.5, 0.6) is 0 Å². The molecule has 2 nitrogen and oxygen atoms in total. The summed E-state index contributed by atoms with van der Waals surface area (Å²) in [5.41, 5.74) is 2.13. The topological polar surface area (TPSA) is 29.1 Å². The summed E-state index contributed by atoms with van der Waals surface area (Å²) < 4.78 is 0. The number of fused-ring (bicyclic) bond motifs is 5. The predicted octanol–water partition coefficient (Wildman–Crippen LogP) is 3.81. The van der Waals surface area contributed by atoms with Crippen LogP contribution in [-0.2, 0) is 10.1 Å². The SMILES string of the molecule is O=C(Nc1ccccc1CBr)C1C2C3CCC(C3)C12. The molecule has 4 atom stereocenters. The van der Waals surface area contributed by atoms with E-state index in [0.717, 1.165) is 40.3 Å². The fourth-order valence-electron chi connectivity index (χ4n) is 4.65. The standard InChI is InChI=1S/C16H18BrNO/c17-8-11-3-1-2-4-12(11)18-16(19)15-13-9-5-6-10(7-9)14(13)15/h1-4,9-10,13-15H,5-8H2,(H,18,19). The van der Waals surface area contributed by atoms with Crippen LogP contribution in [0.15, 0.2) is 24.3 Å². The second-order valence-corrected chi connectivity index (χ2v) is 6.85. The van der Waals surface area contributed by atoms with Crippen LogP contribution in [0.1, 0.15) is 24.8 Å². The normalized spacial score (nSPS) is 38.1. The van der Waals surface area contributed by atoms with Gasteiger partial charge in [0.1, 0.15) is 0 Å². The molecule has 3 fully saturated rings. The lowest BCUT2D eigenvalue weighted by Crippen LogP contribution is -2.19. The van der Waals surface area contributed by atoms with Crippen molar-refractivity contribution in [3.8, 4) is 0 Å². The molecule has 4 rings (SSSR count). The monoisotopic (exact) mass is 319 g/mol. The minimum Gasteiger partial charge on any atom is -0.326 e. The van der Waals surface area contributed by atoms with E-state index >= 15 is 0 Å². The van der Waals surface area contributed by atoms with Crippen molar-refractivity contribution in [1.29, 1.82) is 0 Å². The van der Waals surface area contributed by atoms with Crippen molar-refractivity contribution in [2.45, 2.75) is 24.6 Å². The Kier molecular flexibility index (Phi) is 2.73. The van der Waals surface area contributed by atoms with Gasteiger partial charge in [-0.1, -0.05) is 34.1 Å². The third-order valence-corrected chi connectivity index (χ3v) is 6.06. The molecule has 1 aromatic carbocycles. The zero-order valence-electron chi connectivity index (χ0n) is 10.8. The fraction of sp³-hybridized carbons (Fsp3) is 0.562. The van der Waals surface area contributed by atoms with E-state index in [-0.39, 0.29) is 5.91 Å². The van der Waals surface area contributed by atoms with Gasteiger partial charge in [0.05, 0.1) is 0 Å². The maximum absolute atomic E-state index is 12.4. The summed E-state index contributed by atoms with van der Waals surface area (Å²) in [5.74, 6) is 3.73. The number of carbonyl (C=O) groups is 1. The number of para-hydroxylation sites is 1. The highest BCUT2D eigenvalue weighted by Crippen LogP contribution is 2.69. The number of hydrogen-bond acceptors (Lipinski definition) is 1. The summed E-state index contributed by atoms with van der Waals surface area (Å²) in [6, 6.07) is 8.06. The zero-order valence-corrected chi connectivity index (χ0v) is 12.4. The van der Waals surface area contributed by atoms with Crippen molar-refractivity contribution in [3.05, 3.63) is 29.8 Å². The van der Waals surface area contributed by atoms with E-state index in [9.17, 15) is 4.79 Å². The molecular formula is C16H18BrNO. The van der Waals surface area contributed by atoms with Gasteiger partial charge in [0, 0.05) is 16.9 Å². The summed E-state index contributed by atoms with van der Waals surface area (Å²) >= 11 is 3.48. The first-order chi connectivity index (χ1) is 9.29. The molecule has 100 valence electrons. The molecule has 0 spiro atoms. The van der Waals surface area contributed by atoms with Gasteiger partial charge < -0.3 is 5.32 Å². The van der Waals surface area contributed by atoms with Crippen LogP contribution in [0.25, 0.3) is 0 Å². The number of benzene rings is 1. The Bertz CT molecular complexity index is 513. The average molecular weight is 320 g/mol. The number of carbonyl (C=O) groups excluding carboxylic acids is 1. The van der Waals surface area contributed by atoms with Crippen LogP contribution in [0.4, 0.5) is 5.69 Å². The highest BCUT2D eigenvalue weighted by atomic mass is 79.9. The Morgan fingerprint density at radius 3 is 2.58 bits per heavy atom. The van der Waals surface area contributed by atoms with Crippen molar-refractivity contribution in [2.75, 3.05) is 5.32 Å². The molecule has 3 heteroatoms. The maximum atomic E-state index is 12.4. The third-order valence-electron chi connectivity index (χ3n) is 5.46. The highest BCUT2D eigenvalue weighted by Gasteiger charge is 2.67. The molecule has 1 aromatic rings. The van der Waals surface area contributed by atoms with E-state index in [1.54, 1.807) is 0 Å². The van der Waals surface area contributed by atoms with Gasteiger partial charge in [0.25, 0.3) is 0 Å². The molecule has 0 radical (unpaired) electrons. The van der Waals surface area contributed by atoms with Crippen LogP contribution in [-0.4, -0.2) is 5.91 Å². The Hall–Kier alpha value is -0.830. The molecule has 3 aliphatic carbocycles. The summed E-state index contributed by atoms with van der Waals surface area (Å²) in [5, 5.41) is 3.94. The highest BCUT2D eigenvalue weighted by molar-refractivity contribution is 9.08. The number of alkyl halides is 1. The largest absolute Gasteiger partial charge is 0.326 e. The number of hydrogen-bond donors (Lipinski definition) is 1. The van der Waals surface area contributed by atoms with Gasteiger partial charge in [0.15, 0.2) is 0 Å². The van der Waals surface area contributed by atoms with Crippen LogP contribution in [0.2, 0.25) is 0 Å². The van der Waals surface area contributed by atoms with E-state index in [0.29, 0.717) is 5.92 Å². The summed E-state index contributed by atoms with van der Waals surface area (Å²) in [6.07, 6.45) is 4.14. The first-order valence-electron chi connectivity index (χ1n) is 7.24. The van der Waals surface area contributed by atoms with Gasteiger partial charge in [-0.15, -0.1) is 0 Å². The number of halogens is 1. The van der Waals surface area contributed by atoms with E-state index in [1.165, 1.54) is 19.3 Å². The molecule has 0 saturated heterocycles. The zero-order chi connectivity index (χ0) is 13.0. The second-order valence-electron chi connectivity index (χ2n) is 6.29. The Balaban J connectivity index is 1.48. The summed E-state index contributed by atoms with van der Waals surface area (Å²) in [7, 11) is 0. The van der Waals surface area contributed by atoms with Gasteiger partial charge in [-0.2, -0.15) is 0 Å². The van der Waals surface area contributed by atoms with Crippen molar-refractivity contribution in [3.63, 3.8) is 0 Å². The minimum atomic E-state index is 0.264. The van der Waals surface area contributed by atoms with Crippen LogP contribution < -0.4 is 5.32 Å². The smallest absolute Gasteiger partial charge is 0.228 e. The molecule has 0 aliphatic heterocycles. The molecular weight excluding hydrogens is 302 g/mol. The molecule has 1 N–H and O–H groups in total. The van der Waals surface area contributed by atoms with E-state index in [4.69, 9.17) is 0 Å². The molecule has 0 aromatic heterocycles.